The van der Waals surface area contributed by atoms with E-state index in [0.717, 1.165) is 69.6 Å². The van der Waals surface area contributed by atoms with Crippen molar-refractivity contribution < 1.29 is 9.47 Å². The van der Waals surface area contributed by atoms with Crippen LogP contribution in [0.4, 0.5) is 0 Å². The van der Waals surface area contributed by atoms with Crippen molar-refractivity contribution in [1.29, 1.82) is 0 Å². The predicted octanol–water partition coefficient (Wildman–Crippen LogP) is 2.85. The number of aliphatic imine (C=N–C) groups is 1. The van der Waals surface area contributed by atoms with Crippen molar-refractivity contribution in [3.05, 3.63) is 29.8 Å². The van der Waals surface area contributed by atoms with Crippen LogP contribution in [-0.2, 0) is 11.2 Å². The molecular weight excluding hydrogens is 346 g/mol. The number of fused-ring (bicyclic) bond motifs is 1. The van der Waals surface area contributed by atoms with Gasteiger partial charge < -0.3 is 20.1 Å². The molecule has 1 aromatic carbocycles. The molecule has 0 bridgehead atoms. The lowest BCUT2D eigenvalue weighted by molar-refractivity contribution is 0.0793. The van der Waals surface area contributed by atoms with Gasteiger partial charge in [0.05, 0.1) is 13.1 Å². The van der Waals surface area contributed by atoms with E-state index in [1.54, 1.807) is 0 Å². The van der Waals surface area contributed by atoms with Crippen molar-refractivity contribution in [3.8, 4) is 5.75 Å². The van der Waals surface area contributed by atoms with Gasteiger partial charge in [0.15, 0.2) is 5.96 Å². The zero-order valence-electron chi connectivity index (χ0n) is 15.9. The van der Waals surface area contributed by atoms with Crippen molar-refractivity contribution >= 4 is 17.7 Å². The molecule has 1 unspecified atom stereocenters. The first kappa shape index (κ1) is 19.4. The Bertz CT molecular complexity index is 572. The van der Waals surface area contributed by atoms with Crippen molar-refractivity contribution in [2.24, 2.45) is 4.99 Å². The summed E-state index contributed by atoms with van der Waals surface area (Å²) in [4.78, 5) is 4.90. The highest BCUT2D eigenvalue weighted by Gasteiger charge is 2.32. The third kappa shape index (κ3) is 5.07. The van der Waals surface area contributed by atoms with Crippen LogP contribution in [0.25, 0.3) is 0 Å². The molecule has 1 saturated heterocycles. The average molecular weight is 378 g/mol. The number of guanidine groups is 1. The molecule has 0 aromatic heterocycles. The summed E-state index contributed by atoms with van der Waals surface area (Å²) in [6.07, 6.45) is 3.28. The fraction of sp³-hybridized carbons (Fsp3) is 0.650. The zero-order valence-corrected chi connectivity index (χ0v) is 16.7. The topological polar surface area (TPSA) is 54.9 Å². The second kappa shape index (κ2) is 9.51. The van der Waals surface area contributed by atoms with E-state index in [0.29, 0.717) is 0 Å². The van der Waals surface area contributed by atoms with Crippen LogP contribution >= 0.6 is 11.8 Å². The number of benzene rings is 1. The number of ether oxygens (including phenoxy) is 2. The van der Waals surface area contributed by atoms with Gasteiger partial charge in [-0.3, -0.25) is 4.99 Å². The second-order valence-corrected chi connectivity index (χ2v) is 8.59. The molecule has 2 aliphatic heterocycles. The molecule has 0 aliphatic carbocycles. The van der Waals surface area contributed by atoms with Crippen LogP contribution in [0, 0.1) is 0 Å². The van der Waals surface area contributed by atoms with Gasteiger partial charge in [0.2, 0.25) is 0 Å². The van der Waals surface area contributed by atoms with Gasteiger partial charge in [0.1, 0.15) is 11.9 Å². The molecule has 1 fully saturated rings. The molecule has 2 N–H and O–H groups in total. The van der Waals surface area contributed by atoms with Crippen LogP contribution in [0.2, 0.25) is 0 Å². The molecule has 0 saturated carbocycles. The van der Waals surface area contributed by atoms with Gasteiger partial charge in [-0.1, -0.05) is 25.1 Å². The Morgan fingerprint density at radius 1 is 1.23 bits per heavy atom. The third-order valence-electron chi connectivity index (χ3n) is 4.94. The summed E-state index contributed by atoms with van der Waals surface area (Å²) >= 11 is 2.03. The number of hydrogen-bond acceptors (Lipinski definition) is 4. The molecule has 6 heteroatoms. The van der Waals surface area contributed by atoms with Crippen LogP contribution in [0.5, 0.6) is 5.75 Å². The molecule has 0 spiro atoms. The van der Waals surface area contributed by atoms with Crippen LogP contribution in [0.1, 0.15) is 32.3 Å². The van der Waals surface area contributed by atoms with E-state index in [1.165, 1.54) is 5.56 Å². The lowest BCUT2D eigenvalue weighted by Crippen LogP contribution is -2.44. The third-order valence-corrected chi connectivity index (χ3v) is 6.37. The second-order valence-electron chi connectivity index (χ2n) is 6.86. The summed E-state index contributed by atoms with van der Waals surface area (Å²) in [6.45, 7) is 8.47. The van der Waals surface area contributed by atoms with E-state index in [1.807, 2.05) is 23.9 Å². The first-order valence-electron chi connectivity index (χ1n) is 9.73. The highest BCUT2D eigenvalue weighted by molar-refractivity contribution is 8.00. The van der Waals surface area contributed by atoms with Crippen LogP contribution in [0.3, 0.4) is 0 Å². The molecule has 3 rings (SSSR count). The Labute approximate surface area is 161 Å². The van der Waals surface area contributed by atoms with Crippen molar-refractivity contribution in [2.45, 2.75) is 44.0 Å². The summed E-state index contributed by atoms with van der Waals surface area (Å²) in [5, 5.41) is 6.84. The van der Waals surface area contributed by atoms with Gasteiger partial charge in [-0.2, -0.15) is 11.8 Å². The number of nitrogens with one attached hydrogen (secondary N) is 2. The standard InChI is InChI=1S/C20H31N3O2S/c1-3-21-19(23-15-20(26-4-2)9-11-24-12-10-20)22-14-17-13-16-7-5-6-8-18(16)25-17/h5-8,17H,3-4,9-15H2,1-2H3,(H2,21,22,23). The smallest absolute Gasteiger partial charge is 0.191 e. The molecule has 5 nitrogen and oxygen atoms in total. The number of hydrogen-bond donors (Lipinski definition) is 2. The quantitative estimate of drug-likeness (QED) is 0.565. The maximum atomic E-state index is 6.02. The van der Waals surface area contributed by atoms with Gasteiger partial charge in [-0.05, 0) is 37.1 Å². The summed E-state index contributed by atoms with van der Waals surface area (Å²) < 4.78 is 11.8. The Hall–Kier alpha value is -1.40. The minimum Gasteiger partial charge on any atom is -0.488 e. The number of rotatable bonds is 7. The molecule has 1 aromatic rings. The summed E-state index contributed by atoms with van der Waals surface area (Å²) in [6, 6.07) is 8.29. The van der Waals surface area contributed by atoms with Crippen LogP contribution in [0.15, 0.2) is 29.3 Å². The largest absolute Gasteiger partial charge is 0.488 e. The van der Waals surface area contributed by atoms with Gasteiger partial charge in [0.25, 0.3) is 0 Å². The highest BCUT2D eigenvalue weighted by atomic mass is 32.2. The lowest BCUT2D eigenvalue weighted by atomic mass is 9.99. The molecule has 2 heterocycles. The molecule has 2 aliphatic rings. The van der Waals surface area contributed by atoms with Crippen LogP contribution < -0.4 is 15.4 Å². The maximum Gasteiger partial charge on any atom is 0.191 e. The van der Waals surface area contributed by atoms with Gasteiger partial charge in [-0.25, -0.2) is 0 Å². The minimum atomic E-state index is 0.165. The fourth-order valence-electron chi connectivity index (χ4n) is 3.54. The maximum absolute atomic E-state index is 6.02. The van der Waals surface area contributed by atoms with Crippen molar-refractivity contribution in [1.82, 2.24) is 10.6 Å². The van der Waals surface area contributed by atoms with E-state index < -0.39 is 0 Å². The molecule has 26 heavy (non-hydrogen) atoms. The number of nitrogens with zero attached hydrogens (tertiary/aromatic N) is 1. The number of para-hydroxylation sites is 1. The average Bonchev–Trinajstić information content (AvgIpc) is 3.08. The molecule has 1 atom stereocenters. The van der Waals surface area contributed by atoms with E-state index in [9.17, 15) is 0 Å². The highest BCUT2D eigenvalue weighted by Crippen LogP contribution is 2.35. The van der Waals surface area contributed by atoms with E-state index in [2.05, 4.69) is 36.6 Å². The van der Waals surface area contributed by atoms with Crippen molar-refractivity contribution in [2.75, 3.05) is 38.6 Å². The molecule has 144 valence electrons. The van der Waals surface area contributed by atoms with Gasteiger partial charge in [0, 0.05) is 30.9 Å². The normalized spacial score (nSPS) is 21.8. The minimum absolute atomic E-state index is 0.165. The van der Waals surface area contributed by atoms with Gasteiger partial charge >= 0.3 is 0 Å². The Balaban J connectivity index is 1.55. The summed E-state index contributed by atoms with van der Waals surface area (Å²) in [7, 11) is 0. The van der Waals surface area contributed by atoms with Crippen molar-refractivity contribution in [3.63, 3.8) is 0 Å². The first-order valence-corrected chi connectivity index (χ1v) is 10.7. The Kier molecular flexibility index (Phi) is 7.08. The monoisotopic (exact) mass is 377 g/mol. The lowest BCUT2D eigenvalue weighted by Gasteiger charge is -2.35. The summed E-state index contributed by atoms with van der Waals surface area (Å²) in [5.74, 6) is 3.02. The SMILES string of the molecule is CCNC(=NCC1(SCC)CCOCC1)NCC1Cc2ccccc2O1. The first-order chi connectivity index (χ1) is 12.7. The fourth-order valence-corrected chi connectivity index (χ4v) is 4.76. The number of thioether (sulfide) groups is 1. The van der Waals surface area contributed by atoms with Gasteiger partial charge in [-0.15, -0.1) is 0 Å². The predicted molar refractivity (Wildman–Crippen MR) is 109 cm³/mol. The Morgan fingerprint density at radius 3 is 2.77 bits per heavy atom. The van der Waals surface area contributed by atoms with Crippen LogP contribution in [-0.4, -0.2) is 55.4 Å². The summed E-state index contributed by atoms with van der Waals surface area (Å²) in [5.41, 5.74) is 1.29. The molecule has 0 amide bonds. The zero-order chi connectivity index (χ0) is 18.2. The van der Waals surface area contributed by atoms with E-state index in [-0.39, 0.29) is 10.9 Å². The molecule has 0 radical (unpaired) electrons. The van der Waals surface area contributed by atoms with E-state index in [4.69, 9.17) is 14.5 Å². The molecular formula is C20H31N3O2S. The Morgan fingerprint density at radius 2 is 2.04 bits per heavy atom. The van der Waals surface area contributed by atoms with E-state index >= 15 is 0 Å².